The molecule has 0 bridgehead atoms. The average Bonchev–Trinajstić information content (AvgIpc) is 3.01. The number of nitrogens with zero attached hydrogens (tertiary/aromatic N) is 3. The van der Waals surface area contributed by atoms with Crippen molar-refractivity contribution < 1.29 is 46.5 Å². The number of rotatable bonds is 13. The molecule has 0 aliphatic heterocycles. The Hall–Kier alpha value is -4.10. The largest absolute Gasteiger partial charge is 0.478 e. The summed E-state index contributed by atoms with van der Waals surface area (Å²) in [7, 11) is 2.80. The maximum atomic E-state index is 15.7. The number of carboxylic acids is 1. The van der Waals surface area contributed by atoms with Gasteiger partial charge in [-0.25, -0.2) is 14.2 Å². The minimum Gasteiger partial charge on any atom is -0.478 e. The summed E-state index contributed by atoms with van der Waals surface area (Å²) in [6, 6.07) is 7.00. The molecule has 1 amide bonds. The van der Waals surface area contributed by atoms with Gasteiger partial charge in [-0.2, -0.15) is 13.2 Å². The van der Waals surface area contributed by atoms with Crippen molar-refractivity contribution in [3.8, 4) is 11.6 Å². The Morgan fingerprint density at radius 3 is 2.32 bits per heavy atom. The summed E-state index contributed by atoms with van der Waals surface area (Å²) in [5, 5.41) is 10.2. The van der Waals surface area contributed by atoms with Gasteiger partial charge in [-0.3, -0.25) is 9.78 Å². The number of alkyl halides is 3. The molecule has 1 aliphatic carbocycles. The zero-order valence-corrected chi connectivity index (χ0v) is 26.8. The van der Waals surface area contributed by atoms with E-state index >= 15 is 4.39 Å². The first-order valence-electron chi connectivity index (χ1n) is 15.4. The van der Waals surface area contributed by atoms with Crippen molar-refractivity contribution in [2.24, 2.45) is 11.8 Å². The number of carboxylic acid groups (broad SMARTS) is 1. The fraction of sp³-hybridized carbons (Fsp3) is 0.471. The Labute approximate surface area is 270 Å². The maximum absolute atomic E-state index is 15.7. The maximum Gasteiger partial charge on any atom is 0.421 e. The molecule has 254 valence electrons. The van der Waals surface area contributed by atoms with Crippen LogP contribution in [0.15, 0.2) is 42.6 Å². The number of anilines is 1. The highest BCUT2D eigenvalue weighted by molar-refractivity contribution is 6.03. The van der Waals surface area contributed by atoms with E-state index in [2.05, 4.69) is 16.9 Å². The number of carbonyl (C=O) groups is 2. The van der Waals surface area contributed by atoms with Crippen molar-refractivity contribution in [3.05, 3.63) is 76.5 Å². The second-order valence-electron chi connectivity index (χ2n) is 11.9. The topological polar surface area (TPSA) is 111 Å². The van der Waals surface area contributed by atoms with Crippen LogP contribution in [-0.2, 0) is 33.3 Å². The summed E-state index contributed by atoms with van der Waals surface area (Å²) in [5.41, 5.74) is -0.356. The van der Waals surface area contributed by atoms with E-state index in [1.165, 1.54) is 25.3 Å². The first kappa shape index (κ1) is 35.7. The van der Waals surface area contributed by atoms with Gasteiger partial charge in [0.1, 0.15) is 5.56 Å². The highest BCUT2D eigenvalue weighted by Gasteiger charge is 2.38. The second-order valence-corrected chi connectivity index (χ2v) is 11.9. The first-order chi connectivity index (χ1) is 22.3. The van der Waals surface area contributed by atoms with E-state index in [1.54, 1.807) is 12.1 Å². The molecular formula is C34H39F4N3O6. The molecule has 3 aromatic rings. The Kier molecular flexibility index (Phi) is 11.9. The standard InChI is InChI=1S/C34H39F4N3O6/c1-20-8-11-23(12-9-20)32(42)41(25(18-45-3)19-46-4)29-16-28(35)30(15-26(29)33(43)44)47-31-27(34(36,37)38)14-22(17-39-31)10-13-24-7-5-6-21(2)40-24/h5-7,14-17,20,23,25H,8-13,18-19H2,1-4H3,(H,43,44)/t20-,23-. The third-order valence-electron chi connectivity index (χ3n) is 8.26. The summed E-state index contributed by atoms with van der Waals surface area (Å²) in [6.07, 6.45) is -0.430. The summed E-state index contributed by atoms with van der Waals surface area (Å²) < 4.78 is 74.1. The smallest absolute Gasteiger partial charge is 0.421 e. The number of hydrogen-bond donors (Lipinski definition) is 1. The van der Waals surface area contributed by atoms with Gasteiger partial charge >= 0.3 is 12.1 Å². The molecule has 0 radical (unpaired) electrons. The van der Waals surface area contributed by atoms with E-state index in [0.717, 1.165) is 36.7 Å². The molecule has 0 unspecified atom stereocenters. The summed E-state index contributed by atoms with van der Waals surface area (Å²) >= 11 is 0. The molecule has 2 aromatic heterocycles. The minimum atomic E-state index is -4.92. The number of aryl methyl sites for hydroxylation is 3. The molecule has 1 N–H and O–H groups in total. The first-order valence-corrected chi connectivity index (χ1v) is 15.4. The van der Waals surface area contributed by atoms with Crippen LogP contribution in [0.25, 0.3) is 0 Å². The summed E-state index contributed by atoms with van der Waals surface area (Å²) in [6.45, 7) is 3.80. The quantitative estimate of drug-likeness (QED) is 0.194. The van der Waals surface area contributed by atoms with Crippen LogP contribution in [0, 0.1) is 24.6 Å². The SMILES string of the molecule is COCC(COC)N(c1cc(F)c(Oc2ncc(CCc3cccc(C)n3)cc2C(F)(F)F)cc1C(=O)O)C(=O)[C@H]1CC[C@H](C)CC1. The van der Waals surface area contributed by atoms with Gasteiger partial charge in [0.05, 0.1) is 30.5 Å². The van der Waals surface area contributed by atoms with Crippen LogP contribution in [-0.4, -0.2) is 60.4 Å². The number of ether oxygens (including phenoxy) is 3. The zero-order chi connectivity index (χ0) is 34.3. The van der Waals surface area contributed by atoms with Crippen molar-refractivity contribution >= 4 is 17.6 Å². The van der Waals surface area contributed by atoms with E-state index in [9.17, 15) is 27.9 Å². The van der Waals surface area contributed by atoms with Crippen LogP contribution in [0.4, 0.5) is 23.2 Å². The highest BCUT2D eigenvalue weighted by atomic mass is 19.4. The van der Waals surface area contributed by atoms with E-state index < -0.39 is 58.6 Å². The Morgan fingerprint density at radius 1 is 1.04 bits per heavy atom. The van der Waals surface area contributed by atoms with Crippen LogP contribution in [0.1, 0.15) is 65.5 Å². The number of carbonyl (C=O) groups excluding carboxylic acids is 1. The van der Waals surface area contributed by atoms with Crippen molar-refractivity contribution in [2.75, 3.05) is 32.3 Å². The molecule has 1 aliphatic rings. The molecule has 2 heterocycles. The number of halogens is 4. The number of benzene rings is 1. The lowest BCUT2D eigenvalue weighted by atomic mass is 9.82. The molecule has 47 heavy (non-hydrogen) atoms. The molecule has 0 saturated heterocycles. The third kappa shape index (κ3) is 9.04. The monoisotopic (exact) mass is 661 g/mol. The number of methoxy groups -OCH3 is 2. The summed E-state index contributed by atoms with van der Waals surface area (Å²) in [4.78, 5) is 35.8. The van der Waals surface area contributed by atoms with Gasteiger partial charge in [0.2, 0.25) is 11.8 Å². The minimum absolute atomic E-state index is 0.0488. The number of aromatic nitrogens is 2. The molecule has 4 rings (SSSR count). The van der Waals surface area contributed by atoms with Gasteiger partial charge in [0.15, 0.2) is 11.6 Å². The van der Waals surface area contributed by atoms with Gasteiger partial charge in [-0.05, 0) is 75.1 Å². The van der Waals surface area contributed by atoms with Crippen molar-refractivity contribution in [2.45, 2.75) is 64.6 Å². The number of pyridine rings is 2. The Balaban J connectivity index is 1.71. The fourth-order valence-electron chi connectivity index (χ4n) is 5.80. The highest BCUT2D eigenvalue weighted by Crippen LogP contribution is 2.40. The number of aromatic carboxylic acids is 1. The number of hydrogen-bond acceptors (Lipinski definition) is 7. The molecular weight excluding hydrogens is 622 g/mol. The molecule has 0 atom stereocenters. The van der Waals surface area contributed by atoms with E-state index in [1.807, 2.05) is 13.0 Å². The second kappa shape index (κ2) is 15.7. The van der Waals surface area contributed by atoms with E-state index in [0.29, 0.717) is 30.9 Å². The lowest BCUT2D eigenvalue weighted by molar-refractivity contribution is -0.139. The van der Waals surface area contributed by atoms with Crippen LogP contribution >= 0.6 is 0 Å². The predicted molar refractivity (Wildman–Crippen MR) is 165 cm³/mol. The fourth-order valence-corrected chi connectivity index (χ4v) is 5.80. The van der Waals surface area contributed by atoms with E-state index in [4.69, 9.17) is 14.2 Å². The third-order valence-corrected chi connectivity index (χ3v) is 8.26. The van der Waals surface area contributed by atoms with Crippen LogP contribution in [0.2, 0.25) is 0 Å². The van der Waals surface area contributed by atoms with Gasteiger partial charge in [-0.1, -0.05) is 13.0 Å². The van der Waals surface area contributed by atoms with Crippen LogP contribution < -0.4 is 9.64 Å². The lowest BCUT2D eigenvalue weighted by Crippen LogP contribution is -2.49. The van der Waals surface area contributed by atoms with Crippen molar-refractivity contribution in [1.29, 1.82) is 0 Å². The van der Waals surface area contributed by atoms with Gasteiger partial charge < -0.3 is 24.2 Å². The molecule has 13 heteroatoms. The Bertz CT molecular complexity index is 1550. The molecule has 1 saturated carbocycles. The number of amides is 1. The van der Waals surface area contributed by atoms with Crippen LogP contribution in [0.3, 0.4) is 0 Å². The van der Waals surface area contributed by atoms with Crippen molar-refractivity contribution in [1.82, 2.24) is 9.97 Å². The molecule has 0 spiro atoms. The van der Waals surface area contributed by atoms with Gasteiger partial charge in [0, 0.05) is 49.9 Å². The average molecular weight is 662 g/mol. The van der Waals surface area contributed by atoms with Crippen LogP contribution in [0.5, 0.6) is 11.6 Å². The molecule has 1 aromatic carbocycles. The zero-order valence-electron chi connectivity index (χ0n) is 26.8. The molecule has 9 nitrogen and oxygen atoms in total. The lowest BCUT2D eigenvalue weighted by Gasteiger charge is -2.36. The predicted octanol–water partition coefficient (Wildman–Crippen LogP) is 7.04. The summed E-state index contributed by atoms with van der Waals surface area (Å²) in [5.74, 6) is -4.89. The normalized spacial score (nSPS) is 16.7. The van der Waals surface area contributed by atoms with Crippen molar-refractivity contribution in [3.63, 3.8) is 0 Å². The Morgan fingerprint density at radius 2 is 1.72 bits per heavy atom. The molecule has 1 fully saturated rings. The van der Waals surface area contributed by atoms with Gasteiger partial charge in [0.25, 0.3) is 0 Å². The van der Waals surface area contributed by atoms with Gasteiger partial charge in [-0.15, -0.1) is 0 Å². The van der Waals surface area contributed by atoms with E-state index in [-0.39, 0.29) is 30.9 Å².